The monoisotopic (exact) mass is 588 g/mol. The van der Waals surface area contributed by atoms with Crippen LogP contribution in [-0.4, -0.2) is 26.6 Å². The maximum absolute atomic E-state index is 15.3. The number of hydrogen-bond acceptors (Lipinski definition) is 4. The number of ether oxygens (including phenoxy) is 3. The van der Waals surface area contributed by atoms with Crippen LogP contribution in [-0.2, 0) is 0 Å². The Bertz CT molecular complexity index is 1700. The Kier molecular flexibility index (Phi) is 8.66. The van der Waals surface area contributed by atoms with Crippen molar-refractivity contribution in [3.05, 3.63) is 143 Å². The van der Waals surface area contributed by atoms with Gasteiger partial charge in [-0.15, -0.1) is 0 Å². The average Bonchev–Trinajstić information content (AvgIpc) is 3.47. The number of carbonyl (C=O) groups is 1. The Morgan fingerprint density at radius 2 is 1.58 bits per heavy atom. The number of halogens is 4. The lowest BCUT2D eigenvalue weighted by molar-refractivity contribution is 0.102. The molecule has 8 heteroatoms. The van der Waals surface area contributed by atoms with Gasteiger partial charge in [0.2, 0.25) is 5.82 Å². The first-order chi connectivity index (χ1) is 20.7. The van der Waals surface area contributed by atoms with E-state index >= 15 is 4.39 Å². The Hall–Kier alpha value is -4.85. The zero-order valence-corrected chi connectivity index (χ0v) is 23.5. The van der Waals surface area contributed by atoms with Crippen molar-refractivity contribution in [2.75, 3.05) is 20.8 Å². The summed E-state index contributed by atoms with van der Waals surface area (Å²) in [7, 11) is 2.47. The van der Waals surface area contributed by atoms with Gasteiger partial charge in [-0.25, -0.2) is 13.2 Å². The van der Waals surface area contributed by atoms with Gasteiger partial charge in [0.25, 0.3) is 0 Å². The molecule has 0 heterocycles. The predicted molar refractivity (Wildman–Crippen MR) is 156 cm³/mol. The van der Waals surface area contributed by atoms with E-state index in [1.807, 2.05) is 30.3 Å². The van der Waals surface area contributed by atoms with Crippen LogP contribution >= 0.6 is 0 Å². The number of benzene rings is 4. The van der Waals surface area contributed by atoms with Crippen LogP contribution in [0.1, 0.15) is 45.3 Å². The van der Waals surface area contributed by atoms with Crippen LogP contribution in [0.25, 0.3) is 5.57 Å². The molecule has 0 fully saturated rings. The number of ketones is 1. The molecular weight excluding hydrogens is 560 g/mol. The minimum Gasteiger partial charge on any atom is -0.493 e. The Morgan fingerprint density at radius 3 is 2.26 bits per heavy atom. The topological polar surface area (TPSA) is 44.8 Å². The Balaban J connectivity index is 1.59. The molecule has 0 bridgehead atoms. The molecule has 1 aliphatic rings. The maximum atomic E-state index is 15.3. The fourth-order valence-corrected chi connectivity index (χ4v) is 5.37. The second-order valence-electron chi connectivity index (χ2n) is 10.1. The molecular formula is C35H28F4O4. The fourth-order valence-electron chi connectivity index (χ4n) is 5.37. The van der Waals surface area contributed by atoms with Crippen molar-refractivity contribution in [3.8, 4) is 17.2 Å². The highest BCUT2D eigenvalue weighted by molar-refractivity contribution is 6.10. The molecule has 1 aliphatic carbocycles. The van der Waals surface area contributed by atoms with Gasteiger partial charge in [-0.05, 0) is 47.4 Å². The Labute approximate surface area is 246 Å². The highest BCUT2D eigenvalue weighted by Crippen LogP contribution is 2.49. The summed E-state index contributed by atoms with van der Waals surface area (Å²) in [6, 6.07) is 21.1. The number of Topliss-reactive ketones (excluding diaryl/α,β-unsaturated/α-hetero) is 1. The van der Waals surface area contributed by atoms with Crippen molar-refractivity contribution in [3.63, 3.8) is 0 Å². The number of allylic oxidation sites excluding steroid dienone is 2. The summed E-state index contributed by atoms with van der Waals surface area (Å²) in [6.45, 7) is 4.23. The zero-order chi connectivity index (χ0) is 30.7. The van der Waals surface area contributed by atoms with E-state index in [4.69, 9.17) is 14.2 Å². The van der Waals surface area contributed by atoms with Gasteiger partial charge in [-0.1, -0.05) is 67.3 Å². The lowest BCUT2D eigenvalue weighted by Crippen LogP contribution is -2.14. The van der Waals surface area contributed by atoms with Crippen molar-refractivity contribution in [2.45, 2.75) is 18.3 Å². The second-order valence-corrected chi connectivity index (χ2v) is 10.1. The molecule has 0 radical (unpaired) electrons. The van der Waals surface area contributed by atoms with Gasteiger partial charge in [0.1, 0.15) is 12.4 Å². The lowest BCUT2D eigenvalue weighted by Gasteiger charge is -2.22. The summed E-state index contributed by atoms with van der Waals surface area (Å²) in [5, 5.41) is 0. The third-order valence-corrected chi connectivity index (χ3v) is 7.55. The summed E-state index contributed by atoms with van der Waals surface area (Å²) in [4.78, 5) is 13.9. The van der Waals surface area contributed by atoms with Crippen LogP contribution in [0, 0.1) is 23.3 Å². The largest absolute Gasteiger partial charge is 0.493 e. The van der Waals surface area contributed by atoms with E-state index in [9.17, 15) is 18.0 Å². The van der Waals surface area contributed by atoms with Gasteiger partial charge in [0.05, 0.1) is 19.8 Å². The van der Waals surface area contributed by atoms with Crippen molar-refractivity contribution in [1.82, 2.24) is 0 Å². The third kappa shape index (κ3) is 5.91. The van der Waals surface area contributed by atoms with Gasteiger partial charge >= 0.3 is 0 Å². The molecule has 4 aromatic rings. The van der Waals surface area contributed by atoms with Gasteiger partial charge in [-0.3, -0.25) is 4.79 Å². The van der Waals surface area contributed by atoms with E-state index in [2.05, 4.69) is 6.58 Å². The van der Waals surface area contributed by atoms with E-state index in [1.54, 1.807) is 36.4 Å². The predicted octanol–water partition coefficient (Wildman–Crippen LogP) is 8.43. The summed E-state index contributed by atoms with van der Waals surface area (Å²) >= 11 is 0. The maximum Gasteiger partial charge on any atom is 0.203 e. The molecule has 0 aromatic heterocycles. The normalized spacial score (nSPS) is 16.0. The van der Waals surface area contributed by atoms with E-state index in [1.165, 1.54) is 19.2 Å². The Morgan fingerprint density at radius 1 is 0.860 bits per heavy atom. The van der Waals surface area contributed by atoms with Crippen LogP contribution in [0.5, 0.6) is 17.2 Å². The second kappa shape index (κ2) is 12.6. The molecule has 2 unspecified atom stereocenters. The fraction of sp³-hybridized carbons (Fsp3) is 0.171. The molecule has 0 N–H and O–H groups in total. The van der Waals surface area contributed by atoms with Crippen molar-refractivity contribution >= 4 is 11.4 Å². The molecule has 0 saturated carbocycles. The lowest BCUT2D eigenvalue weighted by atomic mass is 9.86. The molecule has 43 heavy (non-hydrogen) atoms. The van der Waals surface area contributed by atoms with Gasteiger partial charge in [0, 0.05) is 23.0 Å². The van der Waals surface area contributed by atoms with Gasteiger partial charge in [0.15, 0.2) is 34.7 Å². The van der Waals surface area contributed by atoms with E-state index in [0.29, 0.717) is 35.1 Å². The van der Waals surface area contributed by atoms with E-state index < -0.39 is 46.3 Å². The molecule has 0 saturated heterocycles. The molecule has 2 atom stereocenters. The highest BCUT2D eigenvalue weighted by Gasteiger charge is 2.37. The van der Waals surface area contributed by atoms with Crippen LogP contribution < -0.4 is 14.2 Å². The average molecular weight is 589 g/mol. The van der Waals surface area contributed by atoms with Gasteiger partial charge < -0.3 is 14.2 Å². The smallest absolute Gasteiger partial charge is 0.203 e. The SMILES string of the molecule is C=C(COc1c(OC)cccc1C1CC(c2ccc(F)cc2)C=C1C(=O)c1cc(F)c(F)c(OC)c1F)c1ccccc1. The van der Waals surface area contributed by atoms with Crippen LogP contribution in [0.15, 0.2) is 97.1 Å². The molecule has 0 spiro atoms. The summed E-state index contributed by atoms with van der Waals surface area (Å²) in [5.74, 6) is -6.80. The number of para-hydroxylation sites is 1. The third-order valence-electron chi connectivity index (χ3n) is 7.55. The number of rotatable bonds is 10. The van der Waals surface area contributed by atoms with Crippen molar-refractivity contribution in [1.29, 1.82) is 0 Å². The molecule has 5 rings (SSSR count). The van der Waals surface area contributed by atoms with Gasteiger partial charge in [-0.2, -0.15) is 4.39 Å². The number of carbonyl (C=O) groups excluding carboxylic acids is 1. The first kappa shape index (κ1) is 29.6. The van der Waals surface area contributed by atoms with Crippen molar-refractivity contribution < 1.29 is 36.6 Å². The summed E-state index contributed by atoms with van der Waals surface area (Å²) in [5.41, 5.74) is 2.35. The quantitative estimate of drug-likeness (QED) is 0.106. The van der Waals surface area contributed by atoms with Crippen LogP contribution in [0.2, 0.25) is 0 Å². The molecule has 0 aliphatic heterocycles. The molecule has 4 aromatic carbocycles. The summed E-state index contributed by atoms with van der Waals surface area (Å²) < 4.78 is 74.3. The standard InChI is InChI=1S/C35H28F4O4/c1-20(21-8-5-4-6-9-21)19-43-34-25(10-7-11-30(34)41-2)26-16-23(22-12-14-24(36)15-13-22)17-27(26)33(40)28-18-29(37)32(39)35(42-3)31(28)38/h4-15,17-18,23,26H,1,16,19H2,2-3H3. The van der Waals surface area contributed by atoms with E-state index in [-0.39, 0.29) is 18.1 Å². The molecule has 0 amide bonds. The van der Waals surface area contributed by atoms with Crippen LogP contribution in [0.3, 0.4) is 0 Å². The first-order valence-corrected chi connectivity index (χ1v) is 13.5. The highest BCUT2D eigenvalue weighted by atomic mass is 19.2. The minimum atomic E-state index is -1.53. The zero-order valence-electron chi connectivity index (χ0n) is 23.5. The molecule has 220 valence electrons. The van der Waals surface area contributed by atoms with Crippen LogP contribution in [0.4, 0.5) is 17.6 Å². The minimum absolute atomic E-state index is 0.105. The number of hydrogen-bond donors (Lipinski definition) is 0. The molecule has 4 nitrogen and oxygen atoms in total. The summed E-state index contributed by atoms with van der Waals surface area (Å²) in [6.07, 6.45) is 1.98. The first-order valence-electron chi connectivity index (χ1n) is 13.5. The van der Waals surface area contributed by atoms with E-state index in [0.717, 1.165) is 18.2 Å². The van der Waals surface area contributed by atoms with Crippen molar-refractivity contribution in [2.24, 2.45) is 0 Å². The number of methoxy groups -OCH3 is 2.